The number of nitrogens with zero attached hydrogens (tertiary/aromatic N) is 2. The van der Waals surface area contributed by atoms with Crippen molar-refractivity contribution in [3.63, 3.8) is 0 Å². The molecule has 1 aromatic carbocycles. The lowest BCUT2D eigenvalue weighted by molar-refractivity contribution is 0.420. The Morgan fingerprint density at radius 3 is 2.50 bits per heavy atom. The van der Waals surface area contributed by atoms with Gasteiger partial charge in [-0.3, -0.25) is 0 Å². The van der Waals surface area contributed by atoms with E-state index in [9.17, 15) is 0 Å². The van der Waals surface area contributed by atoms with Crippen molar-refractivity contribution in [2.45, 2.75) is 39.0 Å². The predicted octanol–water partition coefficient (Wildman–Crippen LogP) is 4.15. The van der Waals surface area contributed by atoms with Gasteiger partial charge < -0.3 is 5.32 Å². The van der Waals surface area contributed by atoms with Crippen molar-refractivity contribution < 1.29 is 0 Å². The van der Waals surface area contributed by atoms with Crippen molar-refractivity contribution in [3.05, 3.63) is 41.7 Å². The average Bonchev–Trinajstić information content (AvgIpc) is 2.41. The van der Waals surface area contributed by atoms with E-state index >= 15 is 0 Å². The Balaban J connectivity index is 1.90. The Morgan fingerprint density at radius 1 is 1.15 bits per heavy atom. The molecule has 0 spiro atoms. The third-order valence-corrected chi connectivity index (χ3v) is 4.19. The molecule has 0 amide bonds. The van der Waals surface area contributed by atoms with E-state index in [0.29, 0.717) is 0 Å². The van der Waals surface area contributed by atoms with Gasteiger partial charge in [0.25, 0.3) is 0 Å². The third-order valence-electron chi connectivity index (χ3n) is 4.19. The molecule has 0 atom stereocenters. The van der Waals surface area contributed by atoms with Crippen LogP contribution in [0.25, 0.3) is 11.3 Å². The largest absolute Gasteiger partial charge is 0.370 e. The molecular formula is C17H21N3. The summed E-state index contributed by atoms with van der Waals surface area (Å²) < 4.78 is 0. The number of benzene rings is 1. The Kier molecular flexibility index (Phi) is 3.68. The summed E-state index contributed by atoms with van der Waals surface area (Å²) in [6.45, 7) is 5.03. The first-order valence-corrected chi connectivity index (χ1v) is 7.45. The fraction of sp³-hybridized carbons (Fsp3) is 0.412. The highest BCUT2D eigenvalue weighted by molar-refractivity contribution is 5.68. The Morgan fingerprint density at radius 2 is 1.90 bits per heavy atom. The lowest BCUT2D eigenvalue weighted by Gasteiger charge is -2.25. The fourth-order valence-electron chi connectivity index (χ4n) is 2.74. The predicted molar refractivity (Wildman–Crippen MR) is 83.0 cm³/mol. The second-order valence-electron chi connectivity index (χ2n) is 5.48. The van der Waals surface area contributed by atoms with E-state index in [0.717, 1.165) is 29.5 Å². The molecule has 20 heavy (non-hydrogen) atoms. The highest BCUT2D eigenvalue weighted by atomic mass is 15.0. The van der Waals surface area contributed by atoms with Gasteiger partial charge in [0, 0.05) is 17.7 Å². The SMILES string of the molecule is CCNc1ncnc(-c2ccc(C3CCC3)cc2)c1C. The van der Waals surface area contributed by atoms with Crippen LogP contribution in [0.1, 0.15) is 43.2 Å². The highest BCUT2D eigenvalue weighted by Gasteiger charge is 2.19. The number of anilines is 1. The van der Waals surface area contributed by atoms with Crippen LogP contribution in [-0.4, -0.2) is 16.5 Å². The maximum absolute atomic E-state index is 4.45. The number of rotatable bonds is 4. The molecule has 3 rings (SSSR count). The molecule has 1 N–H and O–H groups in total. The first-order valence-electron chi connectivity index (χ1n) is 7.45. The van der Waals surface area contributed by atoms with Crippen LogP contribution < -0.4 is 5.32 Å². The van der Waals surface area contributed by atoms with Gasteiger partial charge in [0.05, 0.1) is 5.69 Å². The Labute approximate surface area is 120 Å². The van der Waals surface area contributed by atoms with Gasteiger partial charge >= 0.3 is 0 Å². The molecule has 1 fully saturated rings. The van der Waals surface area contributed by atoms with Crippen molar-refractivity contribution in [3.8, 4) is 11.3 Å². The molecule has 2 aromatic rings. The minimum atomic E-state index is 0.785. The van der Waals surface area contributed by atoms with Crippen molar-refractivity contribution in [2.75, 3.05) is 11.9 Å². The molecule has 1 heterocycles. The molecule has 3 nitrogen and oxygen atoms in total. The van der Waals surface area contributed by atoms with E-state index in [4.69, 9.17) is 0 Å². The van der Waals surface area contributed by atoms with Crippen LogP contribution in [0.5, 0.6) is 0 Å². The van der Waals surface area contributed by atoms with Gasteiger partial charge in [-0.25, -0.2) is 9.97 Å². The van der Waals surface area contributed by atoms with Crippen molar-refractivity contribution in [1.29, 1.82) is 0 Å². The molecule has 1 aliphatic rings. The maximum Gasteiger partial charge on any atom is 0.132 e. The molecule has 104 valence electrons. The highest BCUT2D eigenvalue weighted by Crippen LogP contribution is 2.37. The van der Waals surface area contributed by atoms with Crippen LogP contribution in [0.3, 0.4) is 0 Å². The van der Waals surface area contributed by atoms with E-state index in [1.165, 1.54) is 30.4 Å². The standard InChI is InChI=1S/C17H21N3/c1-3-18-17-12(2)16(19-11-20-17)15-9-7-14(8-10-15)13-5-4-6-13/h7-11,13H,3-6H2,1-2H3,(H,18,19,20). The monoisotopic (exact) mass is 267 g/mol. The summed E-state index contributed by atoms with van der Waals surface area (Å²) in [4.78, 5) is 8.75. The smallest absolute Gasteiger partial charge is 0.132 e. The fourth-order valence-corrected chi connectivity index (χ4v) is 2.74. The topological polar surface area (TPSA) is 37.8 Å². The summed E-state index contributed by atoms with van der Waals surface area (Å²) in [7, 11) is 0. The molecular weight excluding hydrogens is 246 g/mol. The maximum atomic E-state index is 4.45. The molecule has 0 radical (unpaired) electrons. The summed E-state index contributed by atoms with van der Waals surface area (Å²) in [5, 5.41) is 3.28. The zero-order chi connectivity index (χ0) is 13.9. The molecule has 0 saturated heterocycles. The molecule has 1 aliphatic carbocycles. The molecule has 0 unspecified atom stereocenters. The summed E-state index contributed by atoms with van der Waals surface area (Å²) in [6, 6.07) is 8.90. The van der Waals surface area contributed by atoms with Crippen LogP contribution >= 0.6 is 0 Å². The molecule has 3 heteroatoms. The summed E-state index contributed by atoms with van der Waals surface area (Å²) in [5.74, 6) is 1.72. The average molecular weight is 267 g/mol. The lowest BCUT2D eigenvalue weighted by atomic mass is 9.80. The second-order valence-corrected chi connectivity index (χ2v) is 5.48. The van der Waals surface area contributed by atoms with Crippen molar-refractivity contribution in [2.24, 2.45) is 0 Å². The van der Waals surface area contributed by atoms with E-state index in [-0.39, 0.29) is 0 Å². The zero-order valence-corrected chi connectivity index (χ0v) is 12.2. The number of hydrogen-bond acceptors (Lipinski definition) is 3. The van der Waals surface area contributed by atoms with Crippen LogP contribution in [0, 0.1) is 6.92 Å². The first-order chi connectivity index (χ1) is 9.79. The van der Waals surface area contributed by atoms with Crippen molar-refractivity contribution >= 4 is 5.82 Å². The summed E-state index contributed by atoms with van der Waals surface area (Å²) in [6.07, 6.45) is 5.70. The number of hydrogen-bond donors (Lipinski definition) is 1. The van der Waals surface area contributed by atoms with Gasteiger partial charge in [-0.15, -0.1) is 0 Å². The zero-order valence-electron chi connectivity index (χ0n) is 12.2. The van der Waals surface area contributed by atoms with E-state index in [1.54, 1.807) is 6.33 Å². The summed E-state index contributed by atoms with van der Waals surface area (Å²) in [5.41, 5.74) is 4.78. The van der Waals surface area contributed by atoms with E-state index < -0.39 is 0 Å². The minimum absolute atomic E-state index is 0.785. The van der Waals surface area contributed by atoms with Gasteiger partial charge in [0.2, 0.25) is 0 Å². The first kappa shape index (κ1) is 13.1. The van der Waals surface area contributed by atoms with Gasteiger partial charge in [-0.2, -0.15) is 0 Å². The minimum Gasteiger partial charge on any atom is -0.370 e. The molecule has 1 saturated carbocycles. The second kappa shape index (κ2) is 5.61. The van der Waals surface area contributed by atoms with Crippen LogP contribution in [0.2, 0.25) is 0 Å². The Hall–Kier alpha value is -1.90. The molecule has 1 aromatic heterocycles. The number of aromatic nitrogens is 2. The van der Waals surface area contributed by atoms with Crippen LogP contribution in [0.4, 0.5) is 5.82 Å². The van der Waals surface area contributed by atoms with E-state index in [2.05, 4.69) is 53.4 Å². The van der Waals surface area contributed by atoms with Gasteiger partial charge in [-0.1, -0.05) is 30.7 Å². The quantitative estimate of drug-likeness (QED) is 0.904. The van der Waals surface area contributed by atoms with Gasteiger partial charge in [0.1, 0.15) is 12.1 Å². The van der Waals surface area contributed by atoms with Gasteiger partial charge in [0.15, 0.2) is 0 Å². The summed E-state index contributed by atoms with van der Waals surface area (Å²) >= 11 is 0. The van der Waals surface area contributed by atoms with Crippen molar-refractivity contribution in [1.82, 2.24) is 9.97 Å². The molecule has 0 aliphatic heterocycles. The van der Waals surface area contributed by atoms with Crippen LogP contribution in [0.15, 0.2) is 30.6 Å². The lowest BCUT2D eigenvalue weighted by Crippen LogP contribution is -2.08. The van der Waals surface area contributed by atoms with Crippen LogP contribution in [-0.2, 0) is 0 Å². The third kappa shape index (κ3) is 2.40. The number of nitrogens with one attached hydrogen (secondary N) is 1. The molecule has 0 bridgehead atoms. The normalized spacial score (nSPS) is 14.9. The Bertz CT molecular complexity index is 586. The van der Waals surface area contributed by atoms with Gasteiger partial charge in [-0.05, 0) is 38.2 Å². The van der Waals surface area contributed by atoms with E-state index in [1.807, 2.05) is 0 Å².